The Hall–Kier alpha value is -3.33. The number of esters is 1. The molecule has 16 heteroatoms. The van der Waals surface area contributed by atoms with Crippen molar-refractivity contribution in [1.29, 1.82) is 0 Å². The van der Waals surface area contributed by atoms with E-state index in [4.69, 9.17) is 30.0 Å². The number of nitrogens with zero attached hydrogens (tertiary/aromatic N) is 4. The van der Waals surface area contributed by atoms with Crippen LogP contribution in [0.15, 0.2) is 36.7 Å². The molecule has 0 radical (unpaired) electrons. The summed E-state index contributed by atoms with van der Waals surface area (Å²) in [7, 11) is -4.23. The van der Waals surface area contributed by atoms with E-state index in [0.717, 1.165) is 0 Å². The predicted molar refractivity (Wildman–Crippen MR) is 139 cm³/mol. The third kappa shape index (κ3) is 6.13. The van der Waals surface area contributed by atoms with Crippen LogP contribution in [0, 0.1) is 0 Å². The number of rotatable bonds is 11. The van der Waals surface area contributed by atoms with Crippen molar-refractivity contribution in [2.45, 2.75) is 57.3 Å². The molecule has 0 amide bonds. The van der Waals surface area contributed by atoms with Crippen molar-refractivity contribution in [1.82, 2.24) is 24.6 Å². The van der Waals surface area contributed by atoms with Gasteiger partial charge in [0, 0.05) is 0 Å². The van der Waals surface area contributed by atoms with Gasteiger partial charge < -0.3 is 35.7 Å². The molecule has 1 aromatic carbocycles. The zero-order valence-corrected chi connectivity index (χ0v) is 22.5. The average molecular weight is 566 g/mol. The molecule has 212 valence electrons. The number of hydrogen-bond donors (Lipinski definition) is 5. The van der Waals surface area contributed by atoms with E-state index in [2.05, 4.69) is 20.0 Å². The number of aliphatic hydroxyl groups is 2. The van der Waals surface area contributed by atoms with Gasteiger partial charge in [-0.05, 0) is 32.4 Å². The average Bonchev–Trinajstić information content (AvgIpc) is 3.39. The maximum atomic E-state index is 13.7. The van der Waals surface area contributed by atoms with Crippen molar-refractivity contribution in [3.05, 3.63) is 36.7 Å². The van der Waals surface area contributed by atoms with Crippen LogP contribution in [0.3, 0.4) is 0 Å². The van der Waals surface area contributed by atoms with Gasteiger partial charge in [-0.3, -0.25) is 13.9 Å². The van der Waals surface area contributed by atoms with Crippen LogP contribution in [0.25, 0.3) is 11.2 Å². The Bertz CT molecular complexity index is 1350. The Labute approximate surface area is 224 Å². The Morgan fingerprint density at radius 2 is 2.03 bits per heavy atom. The Morgan fingerprint density at radius 3 is 2.72 bits per heavy atom. The van der Waals surface area contributed by atoms with Gasteiger partial charge in [0.15, 0.2) is 17.7 Å². The lowest BCUT2D eigenvalue weighted by Crippen LogP contribution is -2.44. The highest BCUT2D eigenvalue weighted by molar-refractivity contribution is 7.52. The first-order valence-electron chi connectivity index (χ1n) is 12.2. The largest absolute Gasteiger partial charge is 0.465 e. The van der Waals surface area contributed by atoms with E-state index in [1.165, 1.54) is 24.7 Å². The van der Waals surface area contributed by atoms with Crippen LogP contribution in [-0.2, 0) is 23.4 Å². The first-order chi connectivity index (χ1) is 18.4. The molecule has 0 bridgehead atoms. The van der Waals surface area contributed by atoms with Gasteiger partial charge in [-0.2, -0.15) is 15.1 Å². The van der Waals surface area contributed by atoms with Crippen LogP contribution in [0.2, 0.25) is 0 Å². The van der Waals surface area contributed by atoms with Gasteiger partial charge in [-0.15, -0.1) is 0 Å². The standard InChI is InChI=1S/C23H32N7O8P/c1-4-10-35-20(32)13(2)29-39(34,38-14-8-6-5-7-9-14)36-11-15-17(31)23(3,33)21(37-15)30-12-26-16-18(24)27-22(25)28-19(16)30/h5-9,12-13,15,17,21,31,33H,4,10-11H2,1-3H3,(H,29,34)(H4,24,25,27,28)/t13-,15?,17+,21+,23+,39?/m0/s1. The van der Waals surface area contributed by atoms with Crippen molar-refractivity contribution in [2.75, 3.05) is 24.7 Å². The Balaban J connectivity index is 1.54. The highest BCUT2D eigenvalue weighted by atomic mass is 31.2. The number of anilines is 2. The van der Waals surface area contributed by atoms with Crippen molar-refractivity contribution in [3.63, 3.8) is 0 Å². The number of carbonyl (C=O) groups excluding carboxylic acids is 1. The SMILES string of the molecule is CCCOC(=O)[C@H](C)NP(=O)(OCC1O[C@@H](n2cnc3c(N)nc(N)nc32)[C@](C)(O)[C@@H]1O)Oc1ccccc1. The van der Waals surface area contributed by atoms with Gasteiger partial charge in [0.25, 0.3) is 0 Å². The smallest absolute Gasteiger partial charge is 0.459 e. The number of hydrogen-bond acceptors (Lipinski definition) is 13. The quantitative estimate of drug-likeness (QED) is 0.163. The van der Waals surface area contributed by atoms with Crippen molar-refractivity contribution in [3.8, 4) is 5.75 Å². The maximum Gasteiger partial charge on any atom is 0.459 e. The third-order valence-electron chi connectivity index (χ3n) is 6.00. The van der Waals surface area contributed by atoms with Crippen LogP contribution in [0.5, 0.6) is 5.75 Å². The fourth-order valence-corrected chi connectivity index (χ4v) is 5.51. The number of ether oxygens (including phenoxy) is 2. The summed E-state index contributed by atoms with van der Waals surface area (Å²) in [5.41, 5.74) is 10.1. The zero-order valence-electron chi connectivity index (χ0n) is 21.6. The zero-order chi connectivity index (χ0) is 28.4. The van der Waals surface area contributed by atoms with Gasteiger partial charge >= 0.3 is 13.7 Å². The molecule has 3 aromatic rings. The summed E-state index contributed by atoms with van der Waals surface area (Å²) in [6, 6.07) is 7.15. The first-order valence-corrected chi connectivity index (χ1v) is 13.7. The Kier molecular flexibility index (Phi) is 8.39. The van der Waals surface area contributed by atoms with Gasteiger partial charge in [-0.25, -0.2) is 9.55 Å². The molecule has 6 atom stereocenters. The van der Waals surface area contributed by atoms with Crippen LogP contribution in [0.1, 0.15) is 33.4 Å². The van der Waals surface area contributed by atoms with E-state index in [0.29, 0.717) is 6.42 Å². The molecule has 4 rings (SSSR count). The van der Waals surface area contributed by atoms with E-state index in [1.54, 1.807) is 30.3 Å². The number of para-hydroxylation sites is 1. The molecule has 1 saturated heterocycles. The maximum absolute atomic E-state index is 13.7. The number of aromatic nitrogens is 4. The number of benzene rings is 1. The summed E-state index contributed by atoms with van der Waals surface area (Å²) in [5.74, 6) is -0.521. The molecular formula is C23H32N7O8P. The summed E-state index contributed by atoms with van der Waals surface area (Å²) in [4.78, 5) is 24.5. The minimum atomic E-state index is -4.23. The summed E-state index contributed by atoms with van der Waals surface area (Å²) in [5, 5.41) is 24.7. The molecule has 0 saturated carbocycles. The molecule has 39 heavy (non-hydrogen) atoms. The molecule has 1 aliphatic rings. The van der Waals surface area contributed by atoms with Crippen LogP contribution >= 0.6 is 7.75 Å². The molecule has 2 aromatic heterocycles. The second kappa shape index (κ2) is 11.4. The third-order valence-corrected chi connectivity index (χ3v) is 7.65. The van der Waals surface area contributed by atoms with Gasteiger partial charge in [0.1, 0.15) is 35.1 Å². The molecule has 0 aliphatic carbocycles. The highest BCUT2D eigenvalue weighted by Crippen LogP contribution is 2.47. The summed E-state index contributed by atoms with van der Waals surface area (Å²) in [6.45, 7) is 4.35. The van der Waals surface area contributed by atoms with Crippen LogP contribution in [0.4, 0.5) is 11.8 Å². The number of nitrogens with one attached hydrogen (secondary N) is 1. The fraction of sp³-hybridized carbons (Fsp3) is 0.478. The molecular weight excluding hydrogens is 533 g/mol. The second-order valence-electron chi connectivity index (χ2n) is 9.20. The predicted octanol–water partition coefficient (Wildman–Crippen LogP) is 1.14. The lowest BCUT2D eigenvalue weighted by Gasteiger charge is -2.27. The minimum absolute atomic E-state index is 0.0333. The minimum Gasteiger partial charge on any atom is -0.465 e. The van der Waals surface area contributed by atoms with E-state index in [1.807, 2.05) is 6.92 Å². The molecule has 3 heterocycles. The molecule has 7 N–H and O–H groups in total. The summed E-state index contributed by atoms with van der Waals surface area (Å²) < 4.78 is 37.4. The summed E-state index contributed by atoms with van der Waals surface area (Å²) in [6.07, 6.45) is -1.96. The van der Waals surface area contributed by atoms with E-state index in [9.17, 15) is 19.6 Å². The molecule has 15 nitrogen and oxygen atoms in total. The van der Waals surface area contributed by atoms with E-state index in [-0.39, 0.29) is 35.3 Å². The molecule has 1 fully saturated rings. The molecule has 2 unspecified atom stereocenters. The monoisotopic (exact) mass is 565 g/mol. The molecule has 1 aliphatic heterocycles. The molecule has 0 spiro atoms. The normalized spacial score (nSPS) is 25.3. The Morgan fingerprint density at radius 1 is 1.31 bits per heavy atom. The lowest BCUT2D eigenvalue weighted by molar-refractivity contribution is -0.145. The highest BCUT2D eigenvalue weighted by Gasteiger charge is 2.54. The van der Waals surface area contributed by atoms with Gasteiger partial charge in [-0.1, -0.05) is 25.1 Å². The number of carbonyl (C=O) groups is 1. The topological polar surface area (TPSA) is 219 Å². The summed E-state index contributed by atoms with van der Waals surface area (Å²) >= 11 is 0. The van der Waals surface area contributed by atoms with Crippen molar-refractivity contribution < 1.29 is 38.1 Å². The number of imidazole rings is 1. The van der Waals surface area contributed by atoms with Crippen LogP contribution in [-0.4, -0.2) is 72.8 Å². The number of fused-ring (bicyclic) bond motifs is 1. The fourth-order valence-electron chi connectivity index (χ4n) is 4.00. The van der Waals surface area contributed by atoms with Crippen LogP contribution < -0.4 is 21.1 Å². The number of aliphatic hydroxyl groups excluding tert-OH is 1. The second-order valence-corrected chi connectivity index (χ2v) is 10.9. The number of nitrogens with two attached hydrogens (primary N) is 2. The van der Waals surface area contributed by atoms with Gasteiger partial charge in [0.05, 0.1) is 19.5 Å². The number of nitrogen functional groups attached to an aromatic ring is 2. The van der Waals surface area contributed by atoms with E-state index >= 15 is 0 Å². The first kappa shape index (κ1) is 28.7. The lowest BCUT2D eigenvalue weighted by atomic mass is 9.96. The van der Waals surface area contributed by atoms with Gasteiger partial charge in [0.2, 0.25) is 5.95 Å². The van der Waals surface area contributed by atoms with Crippen molar-refractivity contribution in [2.24, 2.45) is 0 Å². The van der Waals surface area contributed by atoms with E-state index < -0.39 is 50.4 Å². The van der Waals surface area contributed by atoms with Crippen molar-refractivity contribution >= 4 is 36.6 Å².